The maximum atomic E-state index is 13.0. The summed E-state index contributed by atoms with van der Waals surface area (Å²) in [4.78, 5) is 27.9. The second-order valence-corrected chi connectivity index (χ2v) is 9.03. The summed E-state index contributed by atoms with van der Waals surface area (Å²) in [5.74, 6) is 1.24. The van der Waals surface area contributed by atoms with E-state index in [0.29, 0.717) is 17.7 Å². The number of carbonyl (C=O) groups is 1. The SMILES string of the molecule is O=C(C1CCCC1)N1C[C@H]2CCC[C@@H](C1)C2n1nc(-c2ccccc2)ccc1=O. The number of benzene rings is 1. The Morgan fingerprint density at radius 2 is 1.55 bits per heavy atom. The summed E-state index contributed by atoms with van der Waals surface area (Å²) in [7, 11) is 0. The second-order valence-electron chi connectivity index (χ2n) is 9.03. The normalized spacial score (nSPS) is 27.2. The predicted molar refractivity (Wildman–Crippen MR) is 112 cm³/mol. The molecule has 1 unspecified atom stereocenters. The van der Waals surface area contributed by atoms with E-state index in [1.165, 1.54) is 19.3 Å². The molecule has 152 valence electrons. The molecule has 1 aromatic heterocycles. The first-order valence-electron chi connectivity index (χ1n) is 11.1. The molecule has 5 nitrogen and oxygen atoms in total. The van der Waals surface area contributed by atoms with E-state index in [0.717, 1.165) is 50.0 Å². The van der Waals surface area contributed by atoms with Gasteiger partial charge >= 0.3 is 0 Å². The molecular formula is C24H29N3O2. The number of hydrogen-bond donors (Lipinski definition) is 0. The largest absolute Gasteiger partial charge is 0.342 e. The standard InChI is InChI=1S/C24H29N3O2/c28-22-14-13-21(17-7-2-1-3-8-17)25-27(22)23-19-11-6-12-20(23)16-26(15-19)24(29)18-9-4-5-10-18/h1-3,7-8,13-14,18-20,23H,4-6,9-12,15-16H2/t19-,20+,23?. The molecule has 2 saturated carbocycles. The van der Waals surface area contributed by atoms with Crippen LogP contribution in [0.2, 0.25) is 0 Å². The lowest BCUT2D eigenvalue weighted by Gasteiger charge is -2.47. The molecule has 1 aliphatic heterocycles. The fraction of sp³-hybridized carbons (Fsp3) is 0.542. The van der Waals surface area contributed by atoms with Crippen molar-refractivity contribution in [3.8, 4) is 11.3 Å². The van der Waals surface area contributed by atoms with Gasteiger partial charge < -0.3 is 4.90 Å². The molecule has 1 saturated heterocycles. The molecule has 0 spiro atoms. The van der Waals surface area contributed by atoms with Gasteiger partial charge in [-0.2, -0.15) is 5.10 Å². The number of rotatable bonds is 3. The minimum absolute atomic E-state index is 0.0258. The molecule has 0 radical (unpaired) electrons. The van der Waals surface area contributed by atoms with Crippen molar-refractivity contribution < 1.29 is 4.79 Å². The van der Waals surface area contributed by atoms with Gasteiger partial charge in [0.1, 0.15) is 0 Å². The number of fused-ring (bicyclic) bond motifs is 2. The second kappa shape index (κ2) is 7.77. The maximum absolute atomic E-state index is 13.0. The average molecular weight is 392 g/mol. The molecule has 3 aliphatic rings. The van der Waals surface area contributed by atoms with Gasteiger partial charge in [0.05, 0.1) is 11.7 Å². The summed E-state index contributed by atoms with van der Waals surface area (Å²) in [6.07, 6.45) is 7.79. The van der Waals surface area contributed by atoms with Crippen molar-refractivity contribution in [3.63, 3.8) is 0 Å². The van der Waals surface area contributed by atoms with E-state index in [2.05, 4.69) is 4.90 Å². The van der Waals surface area contributed by atoms with Crippen molar-refractivity contribution >= 4 is 5.91 Å². The van der Waals surface area contributed by atoms with Crippen LogP contribution in [0.5, 0.6) is 0 Å². The van der Waals surface area contributed by atoms with Crippen molar-refractivity contribution in [2.24, 2.45) is 17.8 Å². The van der Waals surface area contributed by atoms with E-state index in [1.807, 2.05) is 36.4 Å². The Balaban J connectivity index is 1.43. The van der Waals surface area contributed by atoms with Gasteiger partial charge in [0.2, 0.25) is 5.91 Å². The van der Waals surface area contributed by atoms with Gasteiger partial charge in [-0.3, -0.25) is 9.59 Å². The first-order chi connectivity index (χ1) is 14.2. The number of hydrogen-bond acceptors (Lipinski definition) is 3. The molecule has 5 heteroatoms. The molecule has 2 aliphatic carbocycles. The van der Waals surface area contributed by atoms with Gasteiger partial charge in [0, 0.05) is 30.6 Å². The summed E-state index contributed by atoms with van der Waals surface area (Å²) in [6, 6.07) is 13.6. The topological polar surface area (TPSA) is 55.2 Å². The third-order valence-corrected chi connectivity index (χ3v) is 7.22. The zero-order valence-corrected chi connectivity index (χ0v) is 16.9. The van der Waals surface area contributed by atoms with Crippen molar-refractivity contribution in [1.29, 1.82) is 0 Å². The number of carbonyl (C=O) groups excluding carboxylic acids is 1. The number of piperidine rings is 1. The molecule has 1 amide bonds. The Labute approximate surface area is 171 Å². The lowest BCUT2D eigenvalue weighted by molar-refractivity contribution is -0.140. The maximum Gasteiger partial charge on any atom is 0.267 e. The van der Waals surface area contributed by atoms with Gasteiger partial charge in [-0.05, 0) is 43.6 Å². The van der Waals surface area contributed by atoms with Crippen LogP contribution in [0.15, 0.2) is 47.3 Å². The van der Waals surface area contributed by atoms with Crippen LogP contribution in [0.25, 0.3) is 11.3 Å². The first-order valence-corrected chi connectivity index (χ1v) is 11.1. The highest BCUT2D eigenvalue weighted by molar-refractivity contribution is 5.79. The van der Waals surface area contributed by atoms with Crippen LogP contribution in [0.4, 0.5) is 0 Å². The quantitative estimate of drug-likeness (QED) is 0.797. The summed E-state index contributed by atoms with van der Waals surface area (Å²) in [5.41, 5.74) is 1.84. The van der Waals surface area contributed by atoms with E-state index in [9.17, 15) is 9.59 Å². The Bertz CT molecular complexity index is 919. The monoisotopic (exact) mass is 391 g/mol. The Morgan fingerprint density at radius 1 is 0.862 bits per heavy atom. The highest BCUT2D eigenvalue weighted by Crippen LogP contribution is 2.43. The molecule has 3 atom stereocenters. The fourth-order valence-corrected chi connectivity index (χ4v) is 5.82. The van der Waals surface area contributed by atoms with E-state index in [4.69, 9.17) is 5.10 Å². The molecule has 1 aromatic carbocycles. The molecule has 2 heterocycles. The Kier molecular flexibility index (Phi) is 4.98. The summed E-state index contributed by atoms with van der Waals surface area (Å²) >= 11 is 0. The van der Waals surface area contributed by atoms with Gasteiger partial charge in [0.15, 0.2) is 0 Å². The van der Waals surface area contributed by atoms with E-state index < -0.39 is 0 Å². The minimum Gasteiger partial charge on any atom is -0.342 e. The highest BCUT2D eigenvalue weighted by Gasteiger charge is 2.44. The minimum atomic E-state index is -0.0258. The van der Waals surface area contributed by atoms with Gasteiger partial charge in [-0.25, -0.2) is 4.68 Å². The average Bonchev–Trinajstić information content (AvgIpc) is 3.28. The van der Waals surface area contributed by atoms with Crippen LogP contribution in [-0.4, -0.2) is 33.7 Å². The fourth-order valence-electron chi connectivity index (χ4n) is 5.82. The summed E-state index contributed by atoms with van der Waals surface area (Å²) in [6.45, 7) is 1.56. The molecular weight excluding hydrogens is 362 g/mol. The van der Waals surface area contributed by atoms with Crippen molar-refractivity contribution in [2.75, 3.05) is 13.1 Å². The molecule has 29 heavy (non-hydrogen) atoms. The van der Waals surface area contributed by atoms with E-state index in [-0.39, 0.29) is 17.5 Å². The number of nitrogens with zero attached hydrogens (tertiary/aromatic N) is 3. The Hall–Kier alpha value is -2.43. The van der Waals surface area contributed by atoms with Crippen molar-refractivity contribution in [3.05, 3.63) is 52.8 Å². The van der Waals surface area contributed by atoms with Crippen molar-refractivity contribution in [2.45, 2.75) is 51.0 Å². The first kappa shape index (κ1) is 18.6. The predicted octanol–water partition coefficient (Wildman–Crippen LogP) is 3.90. The van der Waals surface area contributed by atoms with Gasteiger partial charge in [0.25, 0.3) is 5.56 Å². The van der Waals surface area contributed by atoms with Crippen molar-refractivity contribution in [1.82, 2.24) is 14.7 Å². The molecule has 5 rings (SSSR count). The van der Waals surface area contributed by atoms with E-state index in [1.54, 1.807) is 10.7 Å². The van der Waals surface area contributed by atoms with E-state index >= 15 is 0 Å². The van der Waals surface area contributed by atoms with Crippen LogP contribution in [-0.2, 0) is 4.79 Å². The van der Waals surface area contributed by atoms with Crippen LogP contribution in [0.1, 0.15) is 51.0 Å². The third-order valence-electron chi connectivity index (χ3n) is 7.22. The van der Waals surface area contributed by atoms with Gasteiger partial charge in [-0.15, -0.1) is 0 Å². The number of aromatic nitrogens is 2. The highest BCUT2D eigenvalue weighted by atomic mass is 16.2. The van der Waals surface area contributed by atoms with Crippen LogP contribution >= 0.6 is 0 Å². The summed E-state index contributed by atoms with van der Waals surface area (Å²) in [5, 5.41) is 4.80. The summed E-state index contributed by atoms with van der Waals surface area (Å²) < 4.78 is 1.74. The molecule has 2 aromatic rings. The lowest BCUT2D eigenvalue weighted by Crippen LogP contribution is -2.54. The molecule has 2 bridgehead atoms. The Morgan fingerprint density at radius 3 is 2.24 bits per heavy atom. The zero-order valence-electron chi connectivity index (χ0n) is 16.9. The number of amides is 1. The molecule has 0 N–H and O–H groups in total. The van der Waals surface area contributed by atoms with Gasteiger partial charge in [-0.1, -0.05) is 49.6 Å². The lowest BCUT2D eigenvalue weighted by atomic mass is 9.73. The van der Waals surface area contributed by atoms with Crippen LogP contribution in [0.3, 0.4) is 0 Å². The zero-order chi connectivity index (χ0) is 19.8. The number of likely N-dealkylation sites (tertiary alicyclic amines) is 1. The van der Waals surface area contributed by atoms with Crippen LogP contribution in [0, 0.1) is 17.8 Å². The smallest absolute Gasteiger partial charge is 0.267 e. The third kappa shape index (κ3) is 3.52. The molecule has 3 fully saturated rings. The van der Waals surface area contributed by atoms with Crippen LogP contribution < -0.4 is 5.56 Å².